The fourth-order valence-electron chi connectivity index (χ4n) is 6.29. The highest BCUT2D eigenvalue weighted by Gasteiger charge is 2.53. The first-order valence-electron chi connectivity index (χ1n) is 13.1. The van der Waals surface area contributed by atoms with Crippen LogP contribution in [0.2, 0.25) is 0 Å². The molecule has 8 heteroatoms. The van der Waals surface area contributed by atoms with Crippen molar-refractivity contribution in [2.45, 2.75) is 38.6 Å². The number of hydrogen-bond donors (Lipinski definition) is 1. The maximum atomic E-state index is 13.0. The number of pyridine rings is 1. The first-order valence-corrected chi connectivity index (χ1v) is 13.1. The van der Waals surface area contributed by atoms with Gasteiger partial charge in [0, 0.05) is 80.7 Å². The SMILES string of the molecule is Cc1cc2cnc(NC(=O)[C@H]3[C@H](C)[C@@H]3c3cnn(C)c3)cc2cc1N1CCN([C@@]2(C)CCOC2)CC1. The molecule has 36 heavy (non-hydrogen) atoms. The van der Waals surface area contributed by atoms with Crippen molar-refractivity contribution in [3.63, 3.8) is 0 Å². The number of fused-ring (bicyclic) bond motifs is 1. The Labute approximate surface area is 212 Å². The smallest absolute Gasteiger partial charge is 0.229 e. The molecule has 8 nitrogen and oxygen atoms in total. The summed E-state index contributed by atoms with van der Waals surface area (Å²) in [5.74, 6) is 1.15. The van der Waals surface area contributed by atoms with Crippen LogP contribution in [0.4, 0.5) is 11.5 Å². The molecule has 4 atom stereocenters. The van der Waals surface area contributed by atoms with Gasteiger partial charge < -0.3 is 15.0 Å². The highest BCUT2D eigenvalue weighted by molar-refractivity contribution is 5.97. The third-order valence-corrected chi connectivity index (χ3v) is 8.66. The standard InChI is InChI=1S/C28H36N6O2/c1-18-11-21-14-29-24(31-27(35)26-19(2)25(26)22-15-30-32(4)16-22)13-20(21)12-23(18)33-6-8-34(9-7-33)28(3)5-10-36-17-28/h11-16,19,25-26H,5-10,17H2,1-4H3,(H,29,31,35)/t19-,25-,26+,28+/m1/s1. The quantitative estimate of drug-likeness (QED) is 0.592. The number of anilines is 2. The Bertz CT molecular complexity index is 1290. The van der Waals surface area contributed by atoms with Crippen molar-refractivity contribution in [2.24, 2.45) is 18.9 Å². The van der Waals surface area contributed by atoms with Crippen molar-refractivity contribution in [1.82, 2.24) is 19.7 Å². The molecular weight excluding hydrogens is 452 g/mol. The first-order chi connectivity index (χ1) is 17.3. The molecule has 1 amide bonds. The Hall–Kier alpha value is -2.97. The molecule has 3 fully saturated rings. The van der Waals surface area contributed by atoms with E-state index in [1.54, 1.807) is 4.68 Å². The number of benzene rings is 1. The number of carbonyl (C=O) groups excluding carboxylic acids is 1. The van der Waals surface area contributed by atoms with Crippen LogP contribution in [0.3, 0.4) is 0 Å². The summed E-state index contributed by atoms with van der Waals surface area (Å²) in [6, 6.07) is 6.48. The molecule has 0 radical (unpaired) electrons. The molecule has 0 bridgehead atoms. The van der Waals surface area contributed by atoms with Crippen LogP contribution in [0, 0.1) is 18.8 Å². The summed E-state index contributed by atoms with van der Waals surface area (Å²) in [5.41, 5.74) is 3.84. The summed E-state index contributed by atoms with van der Waals surface area (Å²) in [6.45, 7) is 12.5. The number of hydrogen-bond acceptors (Lipinski definition) is 6. The topological polar surface area (TPSA) is 75.5 Å². The van der Waals surface area contributed by atoms with Gasteiger partial charge in [-0.15, -0.1) is 0 Å². The number of carbonyl (C=O) groups is 1. The number of amides is 1. The van der Waals surface area contributed by atoms with Crippen LogP contribution in [-0.2, 0) is 16.6 Å². The predicted octanol–water partition coefficient (Wildman–Crippen LogP) is 3.57. The fraction of sp³-hybridized carbons (Fsp3) is 0.536. The molecule has 1 saturated carbocycles. The van der Waals surface area contributed by atoms with Crippen molar-refractivity contribution in [3.8, 4) is 0 Å². The van der Waals surface area contributed by atoms with Gasteiger partial charge in [-0.1, -0.05) is 6.92 Å². The summed E-state index contributed by atoms with van der Waals surface area (Å²) >= 11 is 0. The molecule has 0 unspecified atom stereocenters. The van der Waals surface area contributed by atoms with Gasteiger partial charge in [0.15, 0.2) is 0 Å². The molecule has 1 aliphatic carbocycles. The minimum absolute atomic E-state index is 0.0380. The van der Waals surface area contributed by atoms with E-state index in [4.69, 9.17) is 4.74 Å². The van der Waals surface area contributed by atoms with Gasteiger partial charge in [-0.05, 0) is 60.9 Å². The lowest BCUT2D eigenvalue weighted by atomic mass is 9.97. The largest absolute Gasteiger partial charge is 0.379 e. The molecular formula is C28H36N6O2. The molecule has 2 aromatic heterocycles. The van der Waals surface area contributed by atoms with Crippen molar-refractivity contribution in [2.75, 3.05) is 49.6 Å². The highest BCUT2D eigenvalue weighted by Crippen LogP contribution is 2.54. The summed E-state index contributed by atoms with van der Waals surface area (Å²) in [4.78, 5) is 22.7. The molecule has 4 heterocycles. The lowest BCUT2D eigenvalue weighted by molar-refractivity contribution is -0.117. The maximum Gasteiger partial charge on any atom is 0.229 e. The van der Waals surface area contributed by atoms with Crippen LogP contribution in [0.1, 0.15) is 37.3 Å². The second-order valence-electron chi connectivity index (χ2n) is 11.2. The molecule has 1 N–H and O–H groups in total. The number of rotatable bonds is 5. The third-order valence-electron chi connectivity index (χ3n) is 8.66. The van der Waals surface area contributed by atoms with Gasteiger partial charge >= 0.3 is 0 Å². The van der Waals surface area contributed by atoms with E-state index in [-0.39, 0.29) is 23.3 Å². The third kappa shape index (κ3) is 4.16. The lowest BCUT2D eigenvalue weighted by Gasteiger charge is -2.44. The Morgan fingerprint density at radius 1 is 1.14 bits per heavy atom. The molecule has 2 saturated heterocycles. The van der Waals surface area contributed by atoms with Crippen molar-refractivity contribution in [3.05, 3.63) is 47.9 Å². The van der Waals surface area contributed by atoms with Gasteiger partial charge in [0.2, 0.25) is 5.91 Å². The van der Waals surface area contributed by atoms with Crippen LogP contribution in [0.5, 0.6) is 0 Å². The molecule has 2 aliphatic heterocycles. The highest BCUT2D eigenvalue weighted by atomic mass is 16.5. The average molecular weight is 489 g/mol. The van der Waals surface area contributed by atoms with Crippen LogP contribution < -0.4 is 10.2 Å². The fourth-order valence-corrected chi connectivity index (χ4v) is 6.29. The summed E-state index contributed by atoms with van der Waals surface area (Å²) < 4.78 is 7.48. The number of aromatic nitrogens is 3. The van der Waals surface area contributed by atoms with E-state index < -0.39 is 0 Å². The molecule has 6 rings (SSSR count). The maximum absolute atomic E-state index is 13.0. The number of aryl methyl sites for hydroxylation is 2. The number of piperazine rings is 1. The van der Waals surface area contributed by atoms with E-state index >= 15 is 0 Å². The van der Waals surface area contributed by atoms with Crippen LogP contribution in [0.15, 0.2) is 36.8 Å². The van der Waals surface area contributed by atoms with Gasteiger partial charge in [-0.2, -0.15) is 5.10 Å². The van der Waals surface area contributed by atoms with Gasteiger partial charge in [0.1, 0.15) is 5.82 Å². The van der Waals surface area contributed by atoms with E-state index in [0.717, 1.165) is 62.1 Å². The van der Waals surface area contributed by atoms with Crippen molar-refractivity contribution >= 4 is 28.2 Å². The molecule has 0 spiro atoms. The molecule has 3 aliphatic rings. The molecule has 190 valence electrons. The predicted molar refractivity (Wildman–Crippen MR) is 141 cm³/mol. The Morgan fingerprint density at radius 3 is 2.64 bits per heavy atom. The number of nitrogens with zero attached hydrogens (tertiary/aromatic N) is 5. The van der Waals surface area contributed by atoms with Gasteiger partial charge in [0.25, 0.3) is 0 Å². The summed E-state index contributed by atoms with van der Waals surface area (Å²) in [7, 11) is 1.91. The normalized spacial score (nSPS) is 28.6. The summed E-state index contributed by atoms with van der Waals surface area (Å²) in [6.07, 6.45) is 6.87. The van der Waals surface area contributed by atoms with Crippen LogP contribution in [-0.4, -0.2) is 70.5 Å². The second-order valence-corrected chi connectivity index (χ2v) is 11.2. The minimum atomic E-state index is -0.0382. The average Bonchev–Trinajstić information content (AvgIpc) is 3.15. The zero-order chi connectivity index (χ0) is 25.0. The van der Waals surface area contributed by atoms with Gasteiger partial charge in [-0.25, -0.2) is 4.98 Å². The van der Waals surface area contributed by atoms with E-state index in [9.17, 15) is 4.79 Å². The van der Waals surface area contributed by atoms with Crippen LogP contribution >= 0.6 is 0 Å². The molecule has 1 aromatic carbocycles. The monoisotopic (exact) mass is 488 g/mol. The Morgan fingerprint density at radius 2 is 1.94 bits per heavy atom. The van der Waals surface area contributed by atoms with Gasteiger partial charge in [0.05, 0.1) is 12.8 Å². The summed E-state index contributed by atoms with van der Waals surface area (Å²) in [5, 5.41) is 9.54. The zero-order valence-electron chi connectivity index (χ0n) is 21.7. The zero-order valence-corrected chi connectivity index (χ0v) is 21.7. The van der Waals surface area contributed by atoms with Crippen molar-refractivity contribution in [1.29, 1.82) is 0 Å². The van der Waals surface area contributed by atoms with E-state index in [1.807, 2.05) is 31.7 Å². The number of ether oxygens (including phenoxy) is 1. The van der Waals surface area contributed by atoms with Gasteiger partial charge in [-0.3, -0.25) is 14.4 Å². The molecule has 3 aromatic rings. The Balaban J connectivity index is 1.16. The Kier molecular flexibility index (Phi) is 5.76. The van der Waals surface area contributed by atoms with Crippen LogP contribution in [0.25, 0.3) is 10.8 Å². The first kappa shape index (κ1) is 23.4. The minimum Gasteiger partial charge on any atom is -0.379 e. The lowest BCUT2D eigenvalue weighted by Crippen LogP contribution is -2.56. The van der Waals surface area contributed by atoms with E-state index in [2.05, 4.69) is 58.1 Å². The van der Waals surface area contributed by atoms with E-state index in [1.165, 1.54) is 11.3 Å². The number of nitrogens with one attached hydrogen (secondary N) is 1. The van der Waals surface area contributed by atoms with E-state index in [0.29, 0.717) is 11.7 Å². The van der Waals surface area contributed by atoms with Crippen molar-refractivity contribution < 1.29 is 9.53 Å². The second kappa shape index (κ2) is 8.85.